The second kappa shape index (κ2) is 5.89. The van der Waals surface area contributed by atoms with E-state index in [0.717, 1.165) is 10.4 Å². The number of halogens is 3. The van der Waals surface area contributed by atoms with Gasteiger partial charge in [0.05, 0.1) is 16.1 Å². The van der Waals surface area contributed by atoms with Gasteiger partial charge in [-0.15, -0.1) is 23.7 Å². The van der Waals surface area contributed by atoms with Crippen LogP contribution < -0.4 is 5.73 Å². The fourth-order valence-corrected chi connectivity index (χ4v) is 2.40. The zero-order valence-electron chi connectivity index (χ0n) is 8.19. The van der Waals surface area contributed by atoms with E-state index in [9.17, 15) is 0 Å². The summed E-state index contributed by atoms with van der Waals surface area (Å²) < 4.78 is 0. The second-order valence-corrected chi connectivity index (χ2v) is 4.96. The molecule has 0 saturated carbocycles. The summed E-state index contributed by atoms with van der Waals surface area (Å²) in [6, 6.07) is 9.36. The molecule has 0 bridgehead atoms. The van der Waals surface area contributed by atoms with Crippen LogP contribution in [0.25, 0.3) is 0 Å². The molecule has 0 aliphatic heterocycles. The standard InChI is InChI=1S/C11H9Cl2NS.ClH/c12-8-4-3-7(6-9(8)13)11(14)10-2-1-5-15-10;/h1-6,11H,14H2;1H/t11-;/m0./s1. The van der Waals surface area contributed by atoms with Crippen LogP contribution in [0.1, 0.15) is 16.5 Å². The molecule has 1 atom stereocenters. The molecule has 1 heterocycles. The molecule has 2 aromatic rings. The van der Waals surface area contributed by atoms with Gasteiger partial charge >= 0.3 is 0 Å². The van der Waals surface area contributed by atoms with E-state index in [1.807, 2.05) is 29.6 Å². The Morgan fingerprint density at radius 2 is 1.88 bits per heavy atom. The highest BCUT2D eigenvalue weighted by atomic mass is 35.5. The third-order valence-corrected chi connectivity index (χ3v) is 3.85. The van der Waals surface area contributed by atoms with Gasteiger partial charge in [0, 0.05) is 4.88 Å². The van der Waals surface area contributed by atoms with E-state index < -0.39 is 0 Å². The van der Waals surface area contributed by atoms with E-state index in [4.69, 9.17) is 28.9 Å². The van der Waals surface area contributed by atoms with Crippen LogP contribution in [0.3, 0.4) is 0 Å². The fraction of sp³-hybridized carbons (Fsp3) is 0.0909. The number of rotatable bonds is 2. The maximum atomic E-state index is 6.09. The van der Waals surface area contributed by atoms with Crippen LogP contribution in [-0.4, -0.2) is 0 Å². The second-order valence-electron chi connectivity index (χ2n) is 3.17. The van der Waals surface area contributed by atoms with Gasteiger partial charge in [-0.25, -0.2) is 0 Å². The molecule has 1 nitrogen and oxygen atoms in total. The molecule has 0 saturated heterocycles. The molecule has 2 N–H and O–H groups in total. The lowest BCUT2D eigenvalue weighted by atomic mass is 10.1. The lowest BCUT2D eigenvalue weighted by Gasteiger charge is -2.10. The van der Waals surface area contributed by atoms with Gasteiger partial charge in [0.25, 0.3) is 0 Å². The monoisotopic (exact) mass is 293 g/mol. The Balaban J connectivity index is 0.00000128. The average Bonchev–Trinajstić information content (AvgIpc) is 2.74. The minimum Gasteiger partial charge on any atom is -0.320 e. The normalized spacial score (nSPS) is 11.9. The van der Waals surface area contributed by atoms with Crippen molar-refractivity contribution in [3.05, 3.63) is 56.2 Å². The van der Waals surface area contributed by atoms with E-state index in [1.165, 1.54) is 0 Å². The lowest BCUT2D eigenvalue weighted by molar-refractivity contribution is 0.894. The van der Waals surface area contributed by atoms with Crippen molar-refractivity contribution in [1.29, 1.82) is 0 Å². The first-order valence-electron chi connectivity index (χ1n) is 4.42. The van der Waals surface area contributed by atoms with Crippen molar-refractivity contribution in [2.75, 3.05) is 0 Å². The summed E-state index contributed by atoms with van der Waals surface area (Å²) in [5.41, 5.74) is 7.07. The largest absolute Gasteiger partial charge is 0.320 e. The van der Waals surface area contributed by atoms with Crippen LogP contribution >= 0.6 is 46.9 Å². The van der Waals surface area contributed by atoms with E-state index in [0.29, 0.717) is 10.0 Å². The lowest BCUT2D eigenvalue weighted by Crippen LogP contribution is -2.09. The summed E-state index contributed by atoms with van der Waals surface area (Å²) in [6.45, 7) is 0. The SMILES string of the molecule is Cl.N[C@@H](c1ccc(Cl)c(Cl)c1)c1cccs1. The highest BCUT2D eigenvalue weighted by Gasteiger charge is 2.10. The first-order chi connectivity index (χ1) is 7.18. The summed E-state index contributed by atoms with van der Waals surface area (Å²) in [6.07, 6.45) is 0. The van der Waals surface area contributed by atoms with Crippen LogP contribution in [0.5, 0.6) is 0 Å². The summed E-state index contributed by atoms with van der Waals surface area (Å²) in [5, 5.41) is 3.10. The zero-order chi connectivity index (χ0) is 10.8. The maximum Gasteiger partial charge on any atom is 0.0646 e. The summed E-state index contributed by atoms with van der Waals surface area (Å²) >= 11 is 13.4. The highest BCUT2D eigenvalue weighted by molar-refractivity contribution is 7.10. The quantitative estimate of drug-likeness (QED) is 0.865. The van der Waals surface area contributed by atoms with Gasteiger partial charge in [0.2, 0.25) is 0 Å². The first-order valence-corrected chi connectivity index (χ1v) is 6.06. The van der Waals surface area contributed by atoms with Crippen molar-refractivity contribution >= 4 is 46.9 Å². The van der Waals surface area contributed by atoms with Crippen molar-refractivity contribution in [2.45, 2.75) is 6.04 Å². The Bertz CT molecular complexity index is 456. The minimum absolute atomic E-state index is 0. The molecule has 0 amide bonds. The Labute approximate surface area is 115 Å². The van der Waals surface area contributed by atoms with Crippen LogP contribution in [0.4, 0.5) is 0 Å². The summed E-state index contributed by atoms with van der Waals surface area (Å²) in [4.78, 5) is 1.12. The number of benzene rings is 1. The molecule has 0 aliphatic rings. The Hall–Kier alpha value is -0.250. The first kappa shape index (κ1) is 13.8. The number of hydrogen-bond donors (Lipinski definition) is 1. The molecule has 2 rings (SSSR count). The molecular weight excluding hydrogens is 285 g/mol. The van der Waals surface area contributed by atoms with Crippen LogP contribution in [0, 0.1) is 0 Å². The van der Waals surface area contributed by atoms with E-state index >= 15 is 0 Å². The zero-order valence-corrected chi connectivity index (χ0v) is 11.3. The van der Waals surface area contributed by atoms with E-state index in [1.54, 1.807) is 17.4 Å². The molecule has 0 radical (unpaired) electrons. The summed E-state index contributed by atoms with van der Waals surface area (Å²) in [7, 11) is 0. The Morgan fingerprint density at radius 1 is 1.12 bits per heavy atom. The molecule has 0 spiro atoms. The number of thiophene rings is 1. The predicted molar refractivity (Wildman–Crippen MR) is 74.1 cm³/mol. The average molecular weight is 295 g/mol. The molecule has 1 aromatic heterocycles. The van der Waals surface area contributed by atoms with Gasteiger partial charge < -0.3 is 5.73 Å². The summed E-state index contributed by atoms with van der Waals surface area (Å²) in [5.74, 6) is 0. The molecule has 86 valence electrons. The van der Waals surface area contributed by atoms with Crippen LogP contribution in [0.15, 0.2) is 35.7 Å². The van der Waals surface area contributed by atoms with E-state index in [-0.39, 0.29) is 18.4 Å². The molecule has 0 fully saturated rings. The van der Waals surface area contributed by atoms with Gasteiger partial charge in [-0.2, -0.15) is 0 Å². The number of nitrogens with two attached hydrogens (primary N) is 1. The molecule has 5 heteroatoms. The van der Waals surface area contributed by atoms with Crippen molar-refractivity contribution in [3.63, 3.8) is 0 Å². The van der Waals surface area contributed by atoms with E-state index in [2.05, 4.69) is 0 Å². The van der Waals surface area contributed by atoms with Crippen LogP contribution in [-0.2, 0) is 0 Å². The van der Waals surface area contributed by atoms with Gasteiger partial charge in [-0.3, -0.25) is 0 Å². The Kier molecular flexibility index (Phi) is 5.09. The molecule has 1 aromatic carbocycles. The fourth-order valence-electron chi connectivity index (χ4n) is 1.34. The van der Waals surface area contributed by atoms with Crippen molar-refractivity contribution < 1.29 is 0 Å². The third-order valence-electron chi connectivity index (χ3n) is 2.15. The Morgan fingerprint density at radius 3 is 2.44 bits per heavy atom. The van der Waals surface area contributed by atoms with Gasteiger partial charge in [-0.1, -0.05) is 35.3 Å². The van der Waals surface area contributed by atoms with Crippen molar-refractivity contribution in [3.8, 4) is 0 Å². The van der Waals surface area contributed by atoms with Gasteiger partial charge in [0.15, 0.2) is 0 Å². The van der Waals surface area contributed by atoms with Crippen molar-refractivity contribution in [1.82, 2.24) is 0 Å². The molecule has 0 aliphatic carbocycles. The van der Waals surface area contributed by atoms with Crippen LogP contribution in [0.2, 0.25) is 10.0 Å². The van der Waals surface area contributed by atoms with Gasteiger partial charge in [0.1, 0.15) is 0 Å². The minimum atomic E-state index is -0.125. The van der Waals surface area contributed by atoms with Gasteiger partial charge in [-0.05, 0) is 29.1 Å². The maximum absolute atomic E-state index is 6.09. The molecule has 16 heavy (non-hydrogen) atoms. The number of hydrogen-bond acceptors (Lipinski definition) is 2. The molecule has 0 unspecified atom stereocenters. The predicted octanol–water partition coefficient (Wildman–Crippen LogP) is 4.52. The van der Waals surface area contributed by atoms with Crippen molar-refractivity contribution in [2.24, 2.45) is 5.73 Å². The smallest absolute Gasteiger partial charge is 0.0646 e. The topological polar surface area (TPSA) is 26.0 Å². The molecular formula is C11H10Cl3NS. The highest BCUT2D eigenvalue weighted by Crippen LogP contribution is 2.29. The third kappa shape index (κ3) is 2.90.